The van der Waals surface area contributed by atoms with Crippen LogP contribution in [0.15, 0.2) is 51.9 Å². The molecule has 0 unspecified atom stereocenters. The Morgan fingerprint density at radius 1 is 1.19 bits per heavy atom. The second kappa shape index (κ2) is 6.85. The van der Waals surface area contributed by atoms with Crippen LogP contribution in [0, 0.1) is 0 Å². The van der Waals surface area contributed by atoms with Gasteiger partial charge >= 0.3 is 5.97 Å². The van der Waals surface area contributed by atoms with Crippen LogP contribution in [0.4, 0.5) is 5.69 Å². The van der Waals surface area contributed by atoms with Crippen molar-refractivity contribution < 1.29 is 14.3 Å². The maximum absolute atomic E-state index is 11.6. The number of carbonyl (C=O) groups is 2. The zero-order chi connectivity index (χ0) is 15.2. The lowest BCUT2D eigenvalue weighted by Crippen LogP contribution is -2.24. The monoisotopic (exact) mass is 350 g/mol. The summed E-state index contributed by atoms with van der Waals surface area (Å²) in [7, 11) is 0. The topological polar surface area (TPSA) is 88.3 Å². The second-order valence-corrected chi connectivity index (χ2v) is 4.96. The number of aromatic amines is 1. The highest BCUT2D eigenvalue weighted by Gasteiger charge is 2.13. The minimum absolute atomic E-state index is 0.144. The summed E-state index contributed by atoms with van der Waals surface area (Å²) in [5.74, 6) is -1.33. The number of esters is 1. The molecule has 2 N–H and O–H groups in total. The van der Waals surface area contributed by atoms with Crippen LogP contribution in [0.5, 0.6) is 0 Å². The Morgan fingerprint density at radius 2 is 1.90 bits per heavy atom. The highest BCUT2D eigenvalue weighted by molar-refractivity contribution is 9.10. The summed E-state index contributed by atoms with van der Waals surface area (Å²) in [6.45, 7) is -0.469. The molecule has 0 atom stereocenters. The number of carbonyl (C=O) groups excluding carboxylic acids is 2. The SMILES string of the molecule is O=C(COC(=O)c1ccc[nH]c1=O)Nc1ccc(Br)cc1. The van der Waals surface area contributed by atoms with Gasteiger partial charge in [-0.25, -0.2) is 4.79 Å². The quantitative estimate of drug-likeness (QED) is 0.824. The first-order valence-corrected chi connectivity index (χ1v) is 6.76. The zero-order valence-electron chi connectivity index (χ0n) is 10.8. The third kappa shape index (κ3) is 4.28. The molecule has 1 aromatic heterocycles. The lowest BCUT2D eigenvalue weighted by molar-refractivity contribution is -0.119. The Kier molecular flexibility index (Phi) is 4.89. The van der Waals surface area contributed by atoms with Crippen molar-refractivity contribution in [3.8, 4) is 0 Å². The van der Waals surface area contributed by atoms with Gasteiger partial charge in [-0.1, -0.05) is 15.9 Å². The van der Waals surface area contributed by atoms with E-state index in [2.05, 4.69) is 26.2 Å². The number of aromatic nitrogens is 1. The minimum Gasteiger partial charge on any atom is -0.452 e. The van der Waals surface area contributed by atoms with Crippen LogP contribution in [0.25, 0.3) is 0 Å². The maximum Gasteiger partial charge on any atom is 0.344 e. The Balaban J connectivity index is 1.89. The van der Waals surface area contributed by atoms with Gasteiger partial charge in [0, 0.05) is 16.4 Å². The molecular weight excluding hydrogens is 340 g/mol. The summed E-state index contributed by atoms with van der Waals surface area (Å²) in [6, 6.07) is 9.77. The average Bonchev–Trinajstić information content (AvgIpc) is 2.48. The molecule has 0 saturated carbocycles. The third-order valence-corrected chi connectivity index (χ3v) is 3.03. The molecular formula is C14H11BrN2O4. The Labute approximate surface area is 128 Å². The standard InChI is InChI=1S/C14H11BrN2O4/c15-9-3-5-10(6-4-9)17-12(18)8-21-14(20)11-2-1-7-16-13(11)19/h1-7H,8H2,(H,16,19)(H,17,18). The van der Waals surface area contributed by atoms with Gasteiger partial charge in [-0.15, -0.1) is 0 Å². The van der Waals surface area contributed by atoms with E-state index in [1.165, 1.54) is 18.3 Å². The van der Waals surface area contributed by atoms with Crippen LogP contribution >= 0.6 is 15.9 Å². The summed E-state index contributed by atoms with van der Waals surface area (Å²) in [6.07, 6.45) is 1.40. The number of pyridine rings is 1. The largest absolute Gasteiger partial charge is 0.452 e. The Bertz CT molecular complexity index is 709. The summed E-state index contributed by atoms with van der Waals surface area (Å²) < 4.78 is 5.67. The van der Waals surface area contributed by atoms with E-state index in [0.29, 0.717) is 5.69 Å². The summed E-state index contributed by atoms with van der Waals surface area (Å²) in [4.78, 5) is 37.0. The van der Waals surface area contributed by atoms with Crippen molar-refractivity contribution in [1.82, 2.24) is 4.98 Å². The highest BCUT2D eigenvalue weighted by Crippen LogP contribution is 2.13. The number of hydrogen-bond donors (Lipinski definition) is 2. The van der Waals surface area contributed by atoms with E-state index in [-0.39, 0.29) is 5.56 Å². The minimum atomic E-state index is -0.845. The molecule has 0 fully saturated rings. The fourth-order valence-electron chi connectivity index (χ4n) is 1.52. The van der Waals surface area contributed by atoms with Crippen molar-refractivity contribution in [2.75, 3.05) is 11.9 Å². The van der Waals surface area contributed by atoms with Crippen LogP contribution in [-0.2, 0) is 9.53 Å². The smallest absolute Gasteiger partial charge is 0.344 e. The number of hydrogen-bond acceptors (Lipinski definition) is 4. The van der Waals surface area contributed by atoms with Gasteiger partial charge in [-0.3, -0.25) is 9.59 Å². The number of anilines is 1. The third-order valence-electron chi connectivity index (χ3n) is 2.50. The Morgan fingerprint density at radius 3 is 2.57 bits per heavy atom. The fourth-order valence-corrected chi connectivity index (χ4v) is 1.79. The fraction of sp³-hybridized carbons (Fsp3) is 0.0714. The molecule has 2 aromatic rings. The van der Waals surface area contributed by atoms with Crippen LogP contribution in [0.3, 0.4) is 0 Å². The molecule has 7 heteroatoms. The number of H-pyrrole nitrogens is 1. The molecule has 1 heterocycles. The number of halogens is 1. The molecule has 0 aliphatic rings. The van der Waals surface area contributed by atoms with Gasteiger partial charge in [0.25, 0.3) is 11.5 Å². The molecule has 21 heavy (non-hydrogen) atoms. The lowest BCUT2D eigenvalue weighted by Gasteiger charge is -2.06. The van der Waals surface area contributed by atoms with E-state index < -0.39 is 24.0 Å². The number of rotatable bonds is 4. The van der Waals surface area contributed by atoms with Crippen molar-refractivity contribution in [2.24, 2.45) is 0 Å². The molecule has 108 valence electrons. The van der Waals surface area contributed by atoms with Gasteiger partial charge in [0.1, 0.15) is 5.56 Å². The molecule has 0 radical (unpaired) electrons. The molecule has 1 aromatic carbocycles. The van der Waals surface area contributed by atoms with Crippen LogP contribution < -0.4 is 10.9 Å². The molecule has 0 bridgehead atoms. The number of nitrogens with one attached hydrogen (secondary N) is 2. The number of benzene rings is 1. The first-order chi connectivity index (χ1) is 10.1. The molecule has 6 nitrogen and oxygen atoms in total. The molecule has 1 amide bonds. The van der Waals surface area contributed by atoms with E-state index in [1.807, 2.05) is 0 Å². The van der Waals surface area contributed by atoms with E-state index in [4.69, 9.17) is 4.74 Å². The summed E-state index contributed by atoms with van der Waals surface area (Å²) in [5, 5.41) is 2.57. The number of ether oxygens (including phenoxy) is 1. The first kappa shape index (κ1) is 15.0. The second-order valence-electron chi connectivity index (χ2n) is 4.04. The van der Waals surface area contributed by atoms with Crippen LogP contribution in [-0.4, -0.2) is 23.5 Å². The van der Waals surface area contributed by atoms with Gasteiger partial charge < -0.3 is 15.0 Å². The van der Waals surface area contributed by atoms with Crippen molar-refractivity contribution in [2.45, 2.75) is 0 Å². The molecule has 0 saturated heterocycles. The van der Waals surface area contributed by atoms with E-state index in [1.54, 1.807) is 24.3 Å². The van der Waals surface area contributed by atoms with Crippen molar-refractivity contribution in [3.63, 3.8) is 0 Å². The predicted molar refractivity (Wildman–Crippen MR) is 80.1 cm³/mol. The molecule has 0 spiro atoms. The average molecular weight is 351 g/mol. The van der Waals surface area contributed by atoms with E-state index in [9.17, 15) is 14.4 Å². The first-order valence-electron chi connectivity index (χ1n) is 5.96. The van der Waals surface area contributed by atoms with Gasteiger partial charge in [0.15, 0.2) is 6.61 Å². The van der Waals surface area contributed by atoms with Gasteiger partial charge in [0.2, 0.25) is 0 Å². The van der Waals surface area contributed by atoms with Gasteiger partial charge in [-0.2, -0.15) is 0 Å². The maximum atomic E-state index is 11.6. The van der Waals surface area contributed by atoms with Crippen LogP contribution in [0.2, 0.25) is 0 Å². The highest BCUT2D eigenvalue weighted by atomic mass is 79.9. The molecule has 2 rings (SSSR count). The molecule has 0 aliphatic heterocycles. The number of amides is 1. The van der Waals surface area contributed by atoms with Crippen LogP contribution in [0.1, 0.15) is 10.4 Å². The Hall–Kier alpha value is -2.41. The normalized spacial score (nSPS) is 9.95. The lowest BCUT2D eigenvalue weighted by atomic mass is 10.3. The zero-order valence-corrected chi connectivity index (χ0v) is 12.3. The summed E-state index contributed by atoms with van der Waals surface area (Å²) >= 11 is 3.28. The van der Waals surface area contributed by atoms with Gasteiger partial charge in [-0.05, 0) is 36.4 Å². The molecule has 0 aliphatic carbocycles. The van der Waals surface area contributed by atoms with Crippen molar-refractivity contribution >= 4 is 33.5 Å². The van der Waals surface area contributed by atoms with Gasteiger partial charge in [0.05, 0.1) is 0 Å². The predicted octanol–water partition coefficient (Wildman–Crippen LogP) is 1.93. The van der Waals surface area contributed by atoms with Crippen molar-refractivity contribution in [1.29, 1.82) is 0 Å². The van der Waals surface area contributed by atoms with Crippen molar-refractivity contribution in [3.05, 3.63) is 63.0 Å². The summed E-state index contributed by atoms with van der Waals surface area (Å²) in [5.41, 5.74) is -0.124. The van der Waals surface area contributed by atoms with E-state index in [0.717, 1.165) is 4.47 Å². The van der Waals surface area contributed by atoms with E-state index >= 15 is 0 Å².